The molecule has 7 rings (SSSR count). The second-order valence-corrected chi connectivity index (χ2v) is 15.9. The molecule has 0 unspecified atom stereocenters. The van der Waals surface area contributed by atoms with E-state index in [0.717, 1.165) is 54.9 Å². The van der Waals surface area contributed by atoms with Crippen molar-refractivity contribution in [2.75, 3.05) is 0 Å². The maximum absolute atomic E-state index is 14.3. The summed E-state index contributed by atoms with van der Waals surface area (Å²) in [5.41, 5.74) is 5.37. The molecular weight excluding hydrogens is 613 g/mol. The van der Waals surface area contributed by atoms with Crippen molar-refractivity contribution >= 4 is 41.6 Å². The molecule has 0 aliphatic carbocycles. The zero-order chi connectivity index (χ0) is 32.1. The standard InChI is InChI=1S/C38H34N2O4S2/c1-27-11-19-33(20-12-27)45(41,42)39-23-29-15-17-31(37-9-5-3-7-35(29)37)25-40(46(43,44)34-21-13-28(2)14-22-34)26-32-18-16-30(24-39)36-8-4-6-10-38(32)36/h3-22H,23-26H2,1-2H3. The van der Waals surface area contributed by atoms with Crippen molar-refractivity contribution < 1.29 is 16.8 Å². The zero-order valence-electron chi connectivity index (χ0n) is 25.7. The molecule has 0 N–H and O–H groups in total. The SMILES string of the molecule is Cc1ccc(S(=O)(=O)N2Cc3ccc(c4ccccc34)CN(S(=O)(=O)c3ccc(C)cc3)Cc3ccc(c4ccccc34)C2)cc1. The van der Waals surface area contributed by atoms with E-state index in [1.807, 2.05) is 111 Å². The minimum absolute atomic E-state index is 0.151. The van der Waals surface area contributed by atoms with Gasteiger partial charge >= 0.3 is 0 Å². The summed E-state index contributed by atoms with van der Waals surface area (Å²) >= 11 is 0. The van der Waals surface area contributed by atoms with Crippen molar-refractivity contribution in [3.8, 4) is 0 Å². The van der Waals surface area contributed by atoms with E-state index in [4.69, 9.17) is 0 Å². The van der Waals surface area contributed by atoms with Gasteiger partial charge in [-0.05, 0) is 81.9 Å². The third-order valence-electron chi connectivity index (χ3n) is 8.91. The predicted octanol–water partition coefficient (Wildman–Crippen LogP) is 7.71. The number of hydrogen-bond donors (Lipinski definition) is 0. The fourth-order valence-corrected chi connectivity index (χ4v) is 9.12. The van der Waals surface area contributed by atoms with Crippen LogP contribution < -0.4 is 0 Å². The van der Waals surface area contributed by atoms with Gasteiger partial charge in [0.15, 0.2) is 0 Å². The average Bonchev–Trinajstić information content (AvgIpc) is 3.06. The highest BCUT2D eigenvalue weighted by Crippen LogP contribution is 2.34. The van der Waals surface area contributed by atoms with Crippen LogP contribution in [0.3, 0.4) is 0 Å². The largest absolute Gasteiger partial charge is 0.243 e. The Morgan fingerprint density at radius 3 is 0.913 bits per heavy atom. The fourth-order valence-electron chi connectivity index (χ4n) is 6.33. The van der Waals surface area contributed by atoms with E-state index in [0.29, 0.717) is 0 Å². The number of hydrogen-bond acceptors (Lipinski definition) is 4. The topological polar surface area (TPSA) is 74.8 Å². The van der Waals surface area contributed by atoms with Crippen LogP contribution in [0.2, 0.25) is 0 Å². The van der Waals surface area contributed by atoms with Gasteiger partial charge in [0.2, 0.25) is 20.0 Å². The van der Waals surface area contributed by atoms with Gasteiger partial charge in [-0.1, -0.05) is 108 Å². The van der Waals surface area contributed by atoms with Crippen molar-refractivity contribution in [3.05, 3.63) is 155 Å². The second kappa shape index (κ2) is 11.8. The van der Waals surface area contributed by atoms with Crippen LogP contribution >= 0.6 is 0 Å². The van der Waals surface area contributed by atoms with E-state index >= 15 is 0 Å². The second-order valence-electron chi connectivity index (χ2n) is 12.0. The first-order valence-corrected chi connectivity index (χ1v) is 18.1. The van der Waals surface area contributed by atoms with E-state index < -0.39 is 20.0 Å². The molecule has 0 saturated carbocycles. The average molecular weight is 647 g/mol. The summed E-state index contributed by atoms with van der Waals surface area (Å²) in [6.45, 7) is 4.48. The number of aryl methyl sites for hydroxylation is 2. The maximum atomic E-state index is 14.3. The quantitative estimate of drug-likeness (QED) is 0.197. The third kappa shape index (κ3) is 5.52. The van der Waals surface area contributed by atoms with Crippen LogP contribution in [0.5, 0.6) is 0 Å². The summed E-state index contributed by atoms with van der Waals surface area (Å²) in [6, 6.07) is 37.4. The first-order chi connectivity index (χ1) is 22.1. The Morgan fingerprint density at radius 1 is 0.391 bits per heavy atom. The van der Waals surface area contributed by atoms with Crippen LogP contribution in [0.1, 0.15) is 33.4 Å². The molecule has 0 radical (unpaired) electrons. The van der Waals surface area contributed by atoms with E-state index in [1.165, 1.54) is 0 Å². The van der Waals surface area contributed by atoms with Gasteiger partial charge in [0.05, 0.1) is 9.79 Å². The molecule has 1 heterocycles. The van der Waals surface area contributed by atoms with Crippen LogP contribution in [-0.4, -0.2) is 25.4 Å². The fraction of sp³-hybridized carbons (Fsp3) is 0.158. The maximum Gasteiger partial charge on any atom is 0.243 e. The Morgan fingerprint density at radius 2 is 0.652 bits per heavy atom. The molecule has 0 amide bonds. The Bertz CT molecular complexity index is 2060. The Balaban J connectivity index is 1.45. The molecular formula is C38H34N2O4S2. The molecule has 1 aliphatic heterocycles. The van der Waals surface area contributed by atoms with Crippen molar-refractivity contribution in [2.45, 2.75) is 49.8 Å². The molecule has 1 aliphatic rings. The summed E-state index contributed by atoms with van der Waals surface area (Å²) in [6.07, 6.45) is 0. The van der Waals surface area contributed by atoms with E-state index in [2.05, 4.69) is 0 Å². The van der Waals surface area contributed by atoms with E-state index in [9.17, 15) is 16.8 Å². The first-order valence-electron chi connectivity index (χ1n) is 15.2. The molecule has 6 aromatic rings. The minimum Gasteiger partial charge on any atom is -0.207 e. The van der Waals surface area contributed by atoms with Crippen molar-refractivity contribution in [1.29, 1.82) is 0 Å². The van der Waals surface area contributed by atoms with Crippen molar-refractivity contribution in [2.24, 2.45) is 0 Å². The molecule has 232 valence electrons. The highest BCUT2D eigenvalue weighted by Gasteiger charge is 2.30. The van der Waals surface area contributed by atoms with Crippen LogP contribution in [0, 0.1) is 13.8 Å². The lowest BCUT2D eigenvalue weighted by Crippen LogP contribution is -2.32. The van der Waals surface area contributed by atoms with Gasteiger partial charge in [-0.3, -0.25) is 0 Å². The zero-order valence-corrected chi connectivity index (χ0v) is 27.4. The molecule has 0 fully saturated rings. The lowest BCUT2D eigenvalue weighted by molar-refractivity contribution is 0.399. The van der Waals surface area contributed by atoms with Gasteiger partial charge in [-0.15, -0.1) is 0 Å². The van der Waals surface area contributed by atoms with Gasteiger partial charge in [0, 0.05) is 26.2 Å². The number of rotatable bonds is 4. The molecule has 6 nitrogen and oxygen atoms in total. The lowest BCUT2D eigenvalue weighted by atomic mass is 9.97. The molecule has 0 saturated heterocycles. The van der Waals surface area contributed by atoms with Crippen LogP contribution in [0.25, 0.3) is 21.5 Å². The summed E-state index contributed by atoms with van der Waals surface area (Å²) in [4.78, 5) is 0.496. The molecule has 0 aromatic heterocycles. The highest BCUT2D eigenvalue weighted by atomic mass is 32.2. The predicted molar refractivity (Wildman–Crippen MR) is 183 cm³/mol. The highest BCUT2D eigenvalue weighted by molar-refractivity contribution is 7.89. The molecule has 46 heavy (non-hydrogen) atoms. The third-order valence-corrected chi connectivity index (χ3v) is 12.5. The summed E-state index contributed by atoms with van der Waals surface area (Å²) in [7, 11) is -7.76. The summed E-state index contributed by atoms with van der Waals surface area (Å²) in [5, 5.41) is 3.58. The molecule has 8 heteroatoms. The molecule has 4 bridgehead atoms. The van der Waals surface area contributed by atoms with Gasteiger partial charge in [0.25, 0.3) is 0 Å². The van der Waals surface area contributed by atoms with E-state index in [-0.39, 0.29) is 36.0 Å². The number of sulfonamides is 2. The van der Waals surface area contributed by atoms with Gasteiger partial charge in [-0.2, -0.15) is 8.61 Å². The van der Waals surface area contributed by atoms with Crippen molar-refractivity contribution in [1.82, 2.24) is 8.61 Å². The molecule has 6 aromatic carbocycles. The van der Waals surface area contributed by atoms with Crippen LogP contribution in [0.4, 0.5) is 0 Å². The molecule has 0 spiro atoms. The van der Waals surface area contributed by atoms with E-state index in [1.54, 1.807) is 32.9 Å². The van der Waals surface area contributed by atoms with Crippen LogP contribution in [0.15, 0.2) is 131 Å². The summed E-state index contributed by atoms with van der Waals surface area (Å²) in [5.74, 6) is 0. The first kappa shape index (κ1) is 30.3. The smallest absolute Gasteiger partial charge is 0.207 e. The Labute approximate surface area is 270 Å². The minimum atomic E-state index is -3.88. The Kier molecular flexibility index (Phi) is 7.77. The number of benzene rings is 6. The lowest BCUT2D eigenvalue weighted by Gasteiger charge is -2.28. The van der Waals surface area contributed by atoms with Gasteiger partial charge in [-0.25, -0.2) is 16.8 Å². The van der Waals surface area contributed by atoms with Crippen LogP contribution in [-0.2, 0) is 46.2 Å². The monoisotopic (exact) mass is 646 g/mol. The van der Waals surface area contributed by atoms with Gasteiger partial charge in [0.1, 0.15) is 0 Å². The Hall–Kier alpha value is -4.34. The van der Waals surface area contributed by atoms with Gasteiger partial charge < -0.3 is 0 Å². The number of nitrogens with zero attached hydrogens (tertiary/aromatic N) is 2. The molecule has 0 atom stereocenters. The number of fused-ring (bicyclic) bond motifs is 12. The van der Waals surface area contributed by atoms with Crippen molar-refractivity contribution in [3.63, 3.8) is 0 Å². The normalized spacial score (nSPS) is 15.0. The summed E-state index contributed by atoms with van der Waals surface area (Å²) < 4.78 is 60.3.